The molecule has 4 aromatic rings. The summed E-state index contributed by atoms with van der Waals surface area (Å²) in [6, 6.07) is 26.6. The highest BCUT2D eigenvalue weighted by Crippen LogP contribution is 2.29. The van der Waals surface area contributed by atoms with Crippen molar-refractivity contribution in [2.45, 2.75) is 49.8 Å². The molecular formula is C31H33Cl2N5OS. The summed E-state index contributed by atoms with van der Waals surface area (Å²) in [4.78, 5) is 15.1. The number of thioether (sulfide) groups is 1. The minimum absolute atomic E-state index is 0.123. The third-order valence-electron chi connectivity index (χ3n) is 7.05. The first-order valence-electron chi connectivity index (χ1n) is 13.7. The number of hydrogen-bond acceptors (Lipinski definition) is 5. The molecular weight excluding hydrogens is 561 g/mol. The first kappa shape index (κ1) is 28.7. The van der Waals surface area contributed by atoms with Gasteiger partial charge in [-0.3, -0.25) is 14.3 Å². The van der Waals surface area contributed by atoms with Crippen LogP contribution in [0.1, 0.15) is 42.6 Å². The minimum Gasteiger partial charge on any atom is -0.353 e. The molecule has 1 aliphatic rings. The number of likely N-dealkylation sites (tertiary alicyclic amines) is 1. The normalized spacial score (nSPS) is 14.3. The zero-order valence-electron chi connectivity index (χ0n) is 22.3. The van der Waals surface area contributed by atoms with E-state index < -0.39 is 0 Å². The van der Waals surface area contributed by atoms with E-state index in [1.807, 2.05) is 41.0 Å². The van der Waals surface area contributed by atoms with E-state index >= 15 is 0 Å². The van der Waals surface area contributed by atoms with Crippen LogP contribution in [0.4, 0.5) is 0 Å². The lowest BCUT2D eigenvalue weighted by Gasteiger charge is -2.32. The number of hydrogen-bond donors (Lipinski definition) is 1. The fourth-order valence-electron chi connectivity index (χ4n) is 4.94. The maximum absolute atomic E-state index is 12.7. The van der Waals surface area contributed by atoms with Gasteiger partial charge in [0, 0.05) is 44.3 Å². The first-order chi connectivity index (χ1) is 19.5. The molecule has 0 bridgehead atoms. The van der Waals surface area contributed by atoms with Gasteiger partial charge in [-0.15, -0.1) is 10.2 Å². The highest BCUT2D eigenvalue weighted by atomic mass is 35.5. The lowest BCUT2D eigenvalue weighted by atomic mass is 10.0. The zero-order valence-corrected chi connectivity index (χ0v) is 24.6. The predicted octanol–water partition coefficient (Wildman–Crippen LogP) is 6.82. The number of halogens is 2. The van der Waals surface area contributed by atoms with Crippen LogP contribution in [0.3, 0.4) is 0 Å². The number of carbonyl (C=O) groups is 1. The number of aromatic nitrogens is 3. The van der Waals surface area contributed by atoms with E-state index in [1.165, 1.54) is 5.56 Å². The van der Waals surface area contributed by atoms with E-state index in [2.05, 4.69) is 56.8 Å². The highest BCUT2D eigenvalue weighted by molar-refractivity contribution is 7.99. The van der Waals surface area contributed by atoms with Crippen molar-refractivity contribution < 1.29 is 4.79 Å². The molecule has 0 unspecified atom stereocenters. The van der Waals surface area contributed by atoms with Crippen LogP contribution in [0.5, 0.6) is 0 Å². The van der Waals surface area contributed by atoms with Gasteiger partial charge >= 0.3 is 0 Å². The van der Waals surface area contributed by atoms with Gasteiger partial charge in [0.1, 0.15) is 5.82 Å². The molecule has 5 rings (SSSR count). The molecule has 2 heterocycles. The van der Waals surface area contributed by atoms with Gasteiger partial charge in [0.05, 0.1) is 15.7 Å². The van der Waals surface area contributed by atoms with Crippen molar-refractivity contribution in [3.63, 3.8) is 0 Å². The average Bonchev–Trinajstić information content (AvgIpc) is 3.37. The van der Waals surface area contributed by atoms with Gasteiger partial charge < -0.3 is 5.32 Å². The Morgan fingerprint density at radius 3 is 2.30 bits per heavy atom. The molecule has 6 nitrogen and oxygen atoms in total. The smallest absolute Gasteiger partial charge is 0.220 e. The van der Waals surface area contributed by atoms with E-state index in [9.17, 15) is 4.79 Å². The molecule has 1 N–H and O–H groups in total. The quantitative estimate of drug-likeness (QED) is 0.153. The SMILES string of the molecule is O=C(CCCSc1nnc(Cc2ccccc2)n1-c1ccc(Cl)c(Cl)c1)NC1CCN(Cc2ccccc2)CC1. The molecule has 1 amide bonds. The number of carbonyl (C=O) groups excluding carboxylic acids is 1. The van der Waals surface area contributed by atoms with Crippen LogP contribution in [0.2, 0.25) is 10.0 Å². The summed E-state index contributed by atoms with van der Waals surface area (Å²) in [5, 5.41) is 14.0. The summed E-state index contributed by atoms with van der Waals surface area (Å²) in [6.07, 6.45) is 3.87. The summed E-state index contributed by atoms with van der Waals surface area (Å²) < 4.78 is 2.03. The van der Waals surface area contributed by atoms with Crippen molar-refractivity contribution >= 4 is 40.9 Å². The molecule has 1 saturated heterocycles. The number of nitrogens with zero attached hydrogens (tertiary/aromatic N) is 4. The van der Waals surface area contributed by atoms with Crippen LogP contribution in [-0.2, 0) is 17.8 Å². The van der Waals surface area contributed by atoms with Crippen LogP contribution in [-0.4, -0.2) is 50.5 Å². The van der Waals surface area contributed by atoms with Crippen molar-refractivity contribution in [2.24, 2.45) is 0 Å². The molecule has 1 fully saturated rings. The fourth-order valence-corrected chi connectivity index (χ4v) is 6.15. The molecule has 9 heteroatoms. The molecule has 1 aromatic heterocycles. The Bertz CT molecular complexity index is 1390. The number of piperidine rings is 1. The Labute approximate surface area is 250 Å². The van der Waals surface area contributed by atoms with Crippen molar-refractivity contribution in [1.82, 2.24) is 25.0 Å². The molecule has 208 valence electrons. The van der Waals surface area contributed by atoms with Gasteiger partial charge in [-0.25, -0.2) is 0 Å². The topological polar surface area (TPSA) is 63.1 Å². The van der Waals surface area contributed by atoms with Crippen molar-refractivity contribution in [3.8, 4) is 5.69 Å². The Hall–Kier alpha value is -2.84. The van der Waals surface area contributed by atoms with Crippen molar-refractivity contribution in [1.29, 1.82) is 0 Å². The maximum atomic E-state index is 12.7. The maximum Gasteiger partial charge on any atom is 0.220 e. The van der Waals surface area contributed by atoms with Crippen LogP contribution < -0.4 is 5.32 Å². The molecule has 40 heavy (non-hydrogen) atoms. The molecule has 0 spiro atoms. The van der Waals surface area contributed by atoms with E-state index in [0.29, 0.717) is 22.9 Å². The summed E-state index contributed by atoms with van der Waals surface area (Å²) >= 11 is 14.1. The van der Waals surface area contributed by atoms with Crippen molar-refractivity contribution in [3.05, 3.63) is 106 Å². The van der Waals surface area contributed by atoms with Gasteiger partial charge in [-0.2, -0.15) is 0 Å². The summed E-state index contributed by atoms with van der Waals surface area (Å²) in [6.45, 7) is 2.98. The number of rotatable bonds is 11. The molecule has 0 saturated carbocycles. The second kappa shape index (κ2) is 14.2. The first-order valence-corrected chi connectivity index (χ1v) is 15.4. The molecule has 3 aromatic carbocycles. The lowest BCUT2D eigenvalue weighted by molar-refractivity contribution is -0.122. The monoisotopic (exact) mass is 593 g/mol. The fraction of sp³-hybridized carbons (Fsp3) is 0.323. The average molecular weight is 595 g/mol. The van der Waals surface area contributed by atoms with Gasteiger partial charge in [0.2, 0.25) is 5.91 Å². The number of nitrogens with one attached hydrogen (secondary N) is 1. The lowest BCUT2D eigenvalue weighted by Crippen LogP contribution is -2.44. The summed E-state index contributed by atoms with van der Waals surface area (Å²) in [5.74, 6) is 1.70. The second-order valence-electron chi connectivity index (χ2n) is 10.1. The van der Waals surface area contributed by atoms with Crippen LogP contribution in [0.25, 0.3) is 5.69 Å². The second-order valence-corrected chi connectivity index (χ2v) is 11.9. The van der Waals surface area contributed by atoms with E-state index in [0.717, 1.165) is 66.9 Å². The number of amides is 1. The van der Waals surface area contributed by atoms with Gasteiger partial charge in [0.25, 0.3) is 0 Å². The summed E-state index contributed by atoms with van der Waals surface area (Å²) in [7, 11) is 0. The summed E-state index contributed by atoms with van der Waals surface area (Å²) in [5.41, 5.74) is 3.35. The molecule has 0 radical (unpaired) electrons. The predicted molar refractivity (Wildman–Crippen MR) is 163 cm³/mol. The Kier molecular flexibility index (Phi) is 10.2. The van der Waals surface area contributed by atoms with E-state index in [-0.39, 0.29) is 11.9 Å². The van der Waals surface area contributed by atoms with Gasteiger partial charge in [0.15, 0.2) is 5.16 Å². The van der Waals surface area contributed by atoms with Gasteiger partial charge in [-0.05, 0) is 48.6 Å². The zero-order chi connectivity index (χ0) is 27.7. The van der Waals surface area contributed by atoms with E-state index in [4.69, 9.17) is 23.2 Å². The van der Waals surface area contributed by atoms with Crippen LogP contribution in [0, 0.1) is 0 Å². The Balaban J connectivity index is 1.12. The minimum atomic E-state index is 0.123. The molecule has 0 atom stereocenters. The van der Waals surface area contributed by atoms with Crippen molar-refractivity contribution in [2.75, 3.05) is 18.8 Å². The Morgan fingerprint density at radius 2 is 1.60 bits per heavy atom. The van der Waals surface area contributed by atoms with Crippen LogP contribution in [0.15, 0.2) is 84.0 Å². The number of benzene rings is 3. The standard InChI is InChI=1S/C31H33Cl2N5OS/c32-27-14-13-26(21-28(27)33)38-29(20-23-8-3-1-4-9-23)35-36-31(38)40-19-7-12-30(39)34-25-15-17-37(18-16-25)22-24-10-5-2-6-11-24/h1-6,8-11,13-14,21,25H,7,12,15-20,22H2,(H,34,39). The molecule has 1 aliphatic heterocycles. The largest absolute Gasteiger partial charge is 0.353 e. The third kappa shape index (κ3) is 7.88. The van der Waals surface area contributed by atoms with Crippen LogP contribution >= 0.6 is 35.0 Å². The molecule has 0 aliphatic carbocycles. The Morgan fingerprint density at radius 1 is 0.900 bits per heavy atom. The third-order valence-corrected chi connectivity index (χ3v) is 8.80. The highest BCUT2D eigenvalue weighted by Gasteiger charge is 2.21. The van der Waals surface area contributed by atoms with E-state index in [1.54, 1.807) is 17.8 Å². The van der Waals surface area contributed by atoms with Gasteiger partial charge in [-0.1, -0.05) is 95.6 Å².